The van der Waals surface area contributed by atoms with Gasteiger partial charge in [0.05, 0.1) is 13.2 Å². The molecule has 1 amide bonds. The maximum absolute atomic E-state index is 11.5. The number of hydrogen-bond acceptors (Lipinski definition) is 3. The number of benzene rings is 1. The Bertz CT molecular complexity index is 373. The molecule has 1 aromatic carbocycles. The van der Waals surface area contributed by atoms with E-state index in [4.69, 9.17) is 9.47 Å². The van der Waals surface area contributed by atoms with Gasteiger partial charge in [0.2, 0.25) is 5.91 Å². The number of hydrogen-bond donors (Lipinski definition) is 1. The number of carbonyl (C=O) groups is 1. The zero-order valence-electron chi connectivity index (χ0n) is 11.4. The van der Waals surface area contributed by atoms with Crippen molar-refractivity contribution < 1.29 is 14.3 Å². The Morgan fingerprint density at radius 1 is 1.17 bits per heavy atom. The van der Waals surface area contributed by atoms with Gasteiger partial charge in [0.25, 0.3) is 0 Å². The average molecular weight is 251 g/mol. The van der Waals surface area contributed by atoms with E-state index >= 15 is 0 Å². The highest BCUT2D eigenvalue weighted by Gasteiger charge is 2.11. The number of amides is 1. The van der Waals surface area contributed by atoms with Crippen LogP contribution in [0, 0.1) is 5.92 Å². The summed E-state index contributed by atoms with van der Waals surface area (Å²) in [5.41, 5.74) is 0. The summed E-state index contributed by atoms with van der Waals surface area (Å²) in [4.78, 5) is 11.5. The number of rotatable bonds is 6. The Kier molecular flexibility index (Phi) is 5.49. The third-order valence-electron chi connectivity index (χ3n) is 2.47. The topological polar surface area (TPSA) is 47.6 Å². The van der Waals surface area contributed by atoms with Crippen LogP contribution in [0.3, 0.4) is 0 Å². The van der Waals surface area contributed by atoms with Crippen LogP contribution < -0.4 is 14.8 Å². The minimum atomic E-state index is -0.0120. The van der Waals surface area contributed by atoms with Crippen molar-refractivity contribution in [3.05, 3.63) is 24.3 Å². The first-order valence-corrected chi connectivity index (χ1v) is 6.10. The maximum Gasteiger partial charge on any atom is 0.222 e. The van der Waals surface area contributed by atoms with E-state index in [9.17, 15) is 4.79 Å². The van der Waals surface area contributed by atoms with Gasteiger partial charge in [-0.15, -0.1) is 0 Å². The fourth-order valence-corrected chi connectivity index (χ4v) is 1.34. The van der Waals surface area contributed by atoms with Gasteiger partial charge in [-0.25, -0.2) is 0 Å². The highest BCUT2D eigenvalue weighted by atomic mass is 16.5. The van der Waals surface area contributed by atoms with Crippen LogP contribution >= 0.6 is 0 Å². The summed E-state index contributed by atoms with van der Waals surface area (Å²) in [6.07, 6.45) is 0. The summed E-state index contributed by atoms with van der Waals surface area (Å²) in [6, 6.07) is 7.35. The number of ether oxygens (including phenoxy) is 2. The summed E-state index contributed by atoms with van der Waals surface area (Å²) in [5, 5.41) is 2.88. The van der Waals surface area contributed by atoms with Crippen molar-refractivity contribution in [3.63, 3.8) is 0 Å². The highest BCUT2D eigenvalue weighted by molar-refractivity contribution is 5.78. The molecular weight excluding hydrogens is 230 g/mol. The van der Waals surface area contributed by atoms with Crippen LogP contribution in [-0.4, -0.2) is 25.7 Å². The molecule has 0 aliphatic carbocycles. The molecule has 0 spiro atoms. The van der Waals surface area contributed by atoms with Gasteiger partial charge in [-0.3, -0.25) is 4.79 Å². The molecule has 0 radical (unpaired) electrons. The van der Waals surface area contributed by atoms with Crippen LogP contribution in [0.25, 0.3) is 0 Å². The second-order valence-corrected chi connectivity index (χ2v) is 4.55. The van der Waals surface area contributed by atoms with E-state index in [-0.39, 0.29) is 17.9 Å². The van der Waals surface area contributed by atoms with Crippen LogP contribution in [0.5, 0.6) is 11.5 Å². The lowest BCUT2D eigenvalue weighted by Crippen LogP contribution is -2.39. The SMILES string of the molecule is COc1ccc(OC[C@@H](C)NC(=O)C(C)C)cc1. The van der Waals surface area contributed by atoms with Crippen molar-refractivity contribution in [2.24, 2.45) is 5.92 Å². The first-order valence-electron chi connectivity index (χ1n) is 6.10. The predicted octanol–water partition coefficient (Wildman–Crippen LogP) is 2.23. The lowest BCUT2D eigenvalue weighted by atomic mass is 10.2. The Labute approximate surface area is 108 Å². The van der Waals surface area contributed by atoms with Crippen molar-refractivity contribution in [1.29, 1.82) is 0 Å². The molecule has 1 rings (SSSR count). The summed E-state index contributed by atoms with van der Waals surface area (Å²) in [7, 11) is 1.62. The van der Waals surface area contributed by atoms with Gasteiger partial charge in [0, 0.05) is 5.92 Å². The van der Waals surface area contributed by atoms with E-state index in [0.717, 1.165) is 11.5 Å². The van der Waals surface area contributed by atoms with E-state index in [1.54, 1.807) is 7.11 Å². The van der Waals surface area contributed by atoms with E-state index in [1.807, 2.05) is 45.0 Å². The van der Waals surface area contributed by atoms with Crippen molar-refractivity contribution in [3.8, 4) is 11.5 Å². The van der Waals surface area contributed by atoms with E-state index < -0.39 is 0 Å². The fourth-order valence-electron chi connectivity index (χ4n) is 1.34. The number of methoxy groups -OCH3 is 1. The molecule has 1 N–H and O–H groups in total. The quantitative estimate of drug-likeness (QED) is 0.843. The molecule has 100 valence electrons. The summed E-state index contributed by atoms with van der Waals surface area (Å²) in [5.74, 6) is 1.60. The summed E-state index contributed by atoms with van der Waals surface area (Å²) < 4.78 is 10.6. The molecule has 0 aromatic heterocycles. The molecule has 0 fully saturated rings. The van der Waals surface area contributed by atoms with Crippen molar-refractivity contribution >= 4 is 5.91 Å². The van der Waals surface area contributed by atoms with Crippen LogP contribution in [-0.2, 0) is 4.79 Å². The third kappa shape index (κ3) is 4.65. The largest absolute Gasteiger partial charge is 0.497 e. The predicted molar refractivity (Wildman–Crippen MR) is 70.9 cm³/mol. The van der Waals surface area contributed by atoms with Gasteiger partial charge in [0.15, 0.2) is 0 Å². The van der Waals surface area contributed by atoms with Crippen LogP contribution in [0.1, 0.15) is 20.8 Å². The minimum absolute atomic E-state index is 0.00608. The highest BCUT2D eigenvalue weighted by Crippen LogP contribution is 2.17. The number of nitrogens with one attached hydrogen (secondary N) is 1. The van der Waals surface area contributed by atoms with E-state index in [0.29, 0.717) is 6.61 Å². The second kappa shape index (κ2) is 6.89. The van der Waals surface area contributed by atoms with E-state index in [2.05, 4.69) is 5.32 Å². The zero-order chi connectivity index (χ0) is 13.5. The molecule has 4 nitrogen and oxygen atoms in total. The minimum Gasteiger partial charge on any atom is -0.497 e. The molecule has 0 saturated carbocycles. The normalized spacial score (nSPS) is 12.1. The van der Waals surface area contributed by atoms with Crippen molar-refractivity contribution in [1.82, 2.24) is 5.32 Å². The molecule has 0 aliphatic heterocycles. The molecular formula is C14H21NO3. The van der Waals surface area contributed by atoms with Crippen molar-refractivity contribution in [2.45, 2.75) is 26.8 Å². The summed E-state index contributed by atoms with van der Waals surface area (Å²) >= 11 is 0. The first kappa shape index (κ1) is 14.4. The fraction of sp³-hybridized carbons (Fsp3) is 0.500. The molecule has 0 saturated heterocycles. The monoisotopic (exact) mass is 251 g/mol. The van der Waals surface area contributed by atoms with Gasteiger partial charge in [-0.05, 0) is 31.2 Å². The maximum atomic E-state index is 11.5. The van der Waals surface area contributed by atoms with Crippen LogP contribution in [0.2, 0.25) is 0 Å². The molecule has 0 heterocycles. The van der Waals surface area contributed by atoms with Gasteiger partial charge in [-0.2, -0.15) is 0 Å². The standard InChI is InChI=1S/C14H21NO3/c1-10(2)14(16)15-11(3)9-18-13-7-5-12(17-4)6-8-13/h5-8,10-11H,9H2,1-4H3,(H,15,16)/t11-/m1/s1. The average Bonchev–Trinajstić information content (AvgIpc) is 2.36. The van der Waals surface area contributed by atoms with Gasteiger partial charge < -0.3 is 14.8 Å². The Hall–Kier alpha value is -1.71. The van der Waals surface area contributed by atoms with Gasteiger partial charge in [0.1, 0.15) is 18.1 Å². The second-order valence-electron chi connectivity index (χ2n) is 4.55. The van der Waals surface area contributed by atoms with Gasteiger partial charge >= 0.3 is 0 Å². The molecule has 18 heavy (non-hydrogen) atoms. The zero-order valence-corrected chi connectivity index (χ0v) is 11.4. The Morgan fingerprint density at radius 2 is 1.72 bits per heavy atom. The smallest absolute Gasteiger partial charge is 0.222 e. The van der Waals surface area contributed by atoms with Gasteiger partial charge in [-0.1, -0.05) is 13.8 Å². The summed E-state index contributed by atoms with van der Waals surface area (Å²) in [6.45, 7) is 6.10. The molecule has 4 heteroatoms. The Balaban J connectivity index is 2.37. The third-order valence-corrected chi connectivity index (χ3v) is 2.47. The molecule has 0 bridgehead atoms. The lowest BCUT2D eigenvalue weighted by molar-refractivity contribution is -0.124. The number of carbonyl (C=O) groups excluding carboxylic acids is 1. The van der Waals surface area contributed by atoms with Crippen LogP contribution in [0.15, 0.2) is 24.3 Å². The van der Waals surface area contributed by atoms with Crippen LogP contribution in [0.4, 0.5) is 0 Å². The molecule has 0 aliphatic rings. The molecule has 1 aromatic rings. The molecule has 0 unspecified atom stereocenters. The lowest BCUT2D eigenvalue weighted by Gasteiger charge is -2.16. The van der Waals surface area contributed by atoms with E-state index in [1.165, 1.54) is 0 Å². The molecule has 1 atom stereocenters. The first-order chi connectivity index (χ1) is 8.52. The Morgan fingerprint density at radius 3 is 2.22 bits per heavy atom. The van der Waals surface area contributed by atoms with Crippen molar-refractivity contribution in [2.75, 3.05) is 13.7 Å².